The maximum absolute atomic E-state index is 8.82. The van der Waals surface area contributed by atoms with E-state index in [1.54, 1.807) is 24.3 Å². The fourth-order valence-electron chi connectivity index (χ4n) is 2.80. The minimum absolute atomic E-state index is 0.396. The summed E-state index contributed by atoms with van der Waals surface area (Å²) in [6, 6.07) is 17.1. The molecule has 6 nitrogen and oxygen atoms in total. The summed E-state index contributed by atoms with van der Waals surface area (Å²) in [6.45, 7) is 2.37. The predicted octanol–water partition coefficient (Wildman–Crippen LogP) is 4.16. The fourth-order valence-corrected chi connectivity index (χ4v) is 2.80. The number of aryl methyl sites for hydroxylation is 1. The van der Waals surface area contributed by atoms with Gasteiger partial charge in [-0.3, -0.25) is 0 Å². The summed E-state index contributed by atoms with van der Waals surface area (Å²) in [5.41, 5.74) is 0.607. The Hall–Kier alpha value is -3.33. The molecule has 130 valence electrons. The van der Waals surface area contributed by atoms with Crippen LogP contribution in [0.25, 0.3) is 0 Å². The third-order valence-corrected chi connectivity index (χ3v) is 4.26. The molecule has 4 rings (SSSR count). The summed E-state index contributed by atoms with van der Waals surface area (Å²) >= 11 is 0. The number of ether oxygens (including phenoxy) is 2. The number of hydrogen-bond acceptors (Lipinski definition) is 5. The zero-order valence-corrected chi connectivity index (χ0v) is 14.4. The van der Waals surface area contributed by atoms with Gasteiger partial charge in [0.15, 0.2) is 5.82 Å². The van der Waals surface area contributed by atoms with Crippen molar-refractivity contribution in [2.24, 2.45) is 0 Å². The van der Waals surface area contributed by atoms with Gasteiger partial charge in [-0.25, -0.2) is 0 Å². The van der Waals surface area contributed by atoms with E-state index in [4.69, 9.17) is 14.7 Å². The lowest BCUT2D eigenvalue weighted by Crippen LogP contribution is -2.07. The molecule has 1 fully saturated rings. The molecule has 1 saturated carbocycles. The second kappa shape index (κ2) is 6.89. The number of aromatic nitrogens is 3. The van der Waals surface area contributed by atoms with Crippen LogP contribution in [0.4, 0.5) is 0 Å². The zero-order valence-electron chi connectivity index (χ0n) is 14.4. The molecule has 6 heteroatoms. The van der Waals surface area contributed by atoms with Gasteiger partial charge in [-0.1, -0.05) is 0 Å². The molecule has 0 bridgehead atoms. The first kappa shape index (κ1) is 16.2. The molecule has 3 aromatic rings. The second-order valence-electron chi connectivity index (χ2n) is 6.26. The van der Waals surface area contributed by atoms with Crippen LogP contribution in [0.3, 0.4) is 0 Å². The molecule has 1 aliphatic rings. The summed E-state index contributed by atoms with van der Waals surface area (Å²) in [5, 5.41) is 17.2. The Morgan fingerprint density at radius 1 is 1.00 bits per heavy atom. The molecule has 0 atom stereocenters. The highest BCUT2D eigenvalue weighted by atomic mass is 16.5. The van der Waals surface area contributed by atoms with Crippen molar-refractivity contribution in [3.8, 4) is 23.3 Å². The Balaban J connectivity index is 1.38. The Bertz CT molecular complexity index is 935. The van der Waals surface area contributed by atoms with Gasteiger partial charge < -0.3 is 14.0 Å². The quantitative estimate of drug-likeness (QED) is 0.670. The topological polar surface area (TPSA) is 73.0 Å². The van der Waals surface area contributed by atoms with Crippen molar-refractivity contribution in [3.63, 3.8) is 0 Å². The first-order chi connectivity index (χ1) is 12.7. The molecule has 0 unspecified atom stereocenters. The van der Waals surface area contributed by atoms with Crippen LogP contribution in [0, 0.1) is 18.3 Å². The lowest BCUT2D eigenvalue weighted by atomic mass is 10.2. The smallest absolute Gasteiger partial charge is 0.171 e. The van der Waals surface area contributed by atoms with Gasteiger partial charge in [0.05, 0.1) is 11.6 Å². The van der Waals surface area contributed by atoms with Crippen LogP contribution >= 0.6 is 0 Å². The summed E-state index contributed by atoms with van der Waals surface area (Å²) in [6.07, 6.45) is 2.38. The normalized spacial score (nSPS) is 13.2. The lowest BCUT2D eigenvalue weighted by Gasteiger charge is -2.10. The third kappa shape index (κ3) is 3.52. The van der Waals surface area contributed by atoms with Gasteiger partial charge >= 0.3 is 0 Å². The standard InChI is InChI=1S/C20H18N4O2/c1-14-22-23-20(24(14)16-4-5-16)13-25-17-8-10-19(11-9-17)26-18-6-2-15(12-21)3-7-18/h2-3,6-11,16H,4-5,13H2,1H3. The summed E-state index contributed by atoms with van der Waals surface area (Å²) in [4.78, 5) is 0. The molecule has 0 radical (unpaired) electrons. The molecular weight excluding hydrogens is 328 g/mol. The van der Waals surface area contributed by atoms with E-state index in [-0.39, 0.29) is 0 Å². The second-order valence-corrected chi connectivity index (χ2v) is 6.26. The molecule has 0 saturated heterocycles. The van der Waals surface area contributed by atoms with Crippen molar-refractivity contribution in [3.05, 3.63) is 65.7 Å². The number of hydrogen-bond donors (Lipinski definition) is 0. The summed E-state index contributed by atoms with van der Waals surface area (Å²) in [7, 11) is 0. The number of rotatable bonds is 6. The first-order valence-corrected chi connectivity index (χ1v) is 8.54. The molecule has 0 N–H and O–H groups in total. The number of nitriles is 1. The fraction of sp³-hybridized carbons (Fsp3) is 0.250. The predicted molar refractivity (Wildman–Crippen MR) is 95.0 cm³/mol. The Kier molecular flexibility index (Phi) is 4.28. The van der Waals surface area contributed by atoms with Crippen LogP contribution in [-0.4, -0.2) is 14.8 Å². The molecule has 0 amide bonds. The van der Waals surface area contributed by atoms with Crippen LogP contribution in [0.15, 0.2) is 48.5 Å². The first-order valence-electron chi connectivity index (χ1n) is 8.54. The van der Waals surface area contributed by atoms with Crippen LogP contribution in [0.1, 0.15) is 36.1 Å². The van der Waals surface area contributed by atoms with Crippen molar-refractivity contribution in [1.29, 1.82) is 5.26 Å². The van der Waals surface area contributed by atoms with E-state index in [0.29, 0.717) is 29.7 Å². The molecule has 0 spiro atoms. The van der Waals surface area contributed by atoms with Gasteiger partial charge in [0, 0.05) is 6.04 Å². The van der Waals surface area contributed by atoms with E-state index < -0.39 is 0 Å². The Labute approximate surface area is 151 Å². The summed E-state index contributed by atoms with van der Waals surface area (Å²) < 4.78 is 13.8. The molecule has 1 aromatic heterocycles. The molecular formula is C20H18N4O2. The summed E-state index contributed by atoms with van der Waals surface area (Å²) in [5.74, 6) is 3.95. The van der Waals surface area contributed by atoms with Gasteiger partial charge in [0.25, 0.3) is 0 Å². The molecule has 1 heterocycles. The van der Waals surface area contributed by atoms with Crippen LogP contribution in [0.5, 0.6) is 17.2 Å². The highest BCUT2D eigenvalue weighted by molar-refractivity contribution is 5.38. The Morgan fingerprint density at radius 2 is 1.62 bits per heavy atom. The molecule has 0 aliphatic heterocycles. The SMILES string of the molecule is Cc1nnc(COc2ccc(Oc3ccc(C#N)cc3)cc2)n1C1CC1. The molecule has 1 aliphatic carbocycles. The average Bonchev–Trinajstić information content (AvgIpc) is 3.44. The van der Waals surface area contributed by atoms with Crippen molar-refractivity contribution in [2.75, 3.05) is 0 Å². The van der Waals surface area contributed by atoms with Crippen LogP contribution in [-0.2, 0) is 6.61 Å². The van der Waals surface area contributed by atoms with Gasteiger partial charge in [-0.05, 0) is 68.3 Å². The monoisotopic (exact) mass is 346 g/mol. The van der Waals surface area contributed by atoms with Crippen molar-refractivity contribution >= 4 is 0 Å². The highest BCUT2D eigenvalue weighted by Gasteiger charge is 2.28. The average molecular weight is 346 g/mol. The van der Waals surface area contributed by atoms with E-state index in [9.17, 15) is 0 Å². The van der Waals surface area contributed by atoms with E-state index in [1.807, 2.05) is 31.2 Å². The maximum Gasteiger partial charge on any atom is 0.171 e. The van der Waals surface area contributed by atoms with E-state index in [1.165, 1.54) is 12.8 Å². The van der Waals surface area contributed by atoms with E-state index in [0.717, 1.165) is 17.4 Å². The van der Waals surface area contributed by atoms with Gasteiger partial charge in [-0.15, -0.1) is 10.2 Å². The van der Waals surface area contributed by atoms with Crippen molar-refractivity contribution in [2.45, 2.75) is 32.4 Å². The van der Waals surface area contributed by atoms with Gasteiger partial charge in [-0.2, -0.15) is 5.26 Å². The van der Waals surface area contributed by atoms with Crippen LogP contribution < -0.4 is 9.47 Å². The van der Waals surface area contributed by atoms with Gasteiger partial charge in [0.1, 0.15) is 29.7 Å². The maximum atomic E-state index is 8.82. The molecule has 2 aromatic carbocycles. The number of benzene rings is 2. The lowest BCUT2D eigenvalue weighted by molar-refractivity contribution is 0.288. The van der Waals surface area contributed by atoms with Crippen molar-refractivity contribution < 1.29 is 9.47 Å². The third-order valence-electron chi connectivity index (χ3n) is 4.26. The van der Waals surface area contributed by atoms with E-state index >= 15 is 0 Å². The number of nitrogens with zero attached hydrogens (tertiary/aromatic N) is 4. The highest BCUT2D eigenvalue weighted by Crippen LogP contribution is 2.36. The molecule has 26 heavy (non-hydrogen) atoms. The largest absolute Gasteiger partial charge is 0.486 e. The zero-order chi connectivity index (χ0) is 17.9. The van der Waals surface area contributed by atoms with Gasteiger partial charge in [0.2, 0.25) is 0 Å². The van der Waals surface area contributed by atoms with Crippen molar-refractivity contribution in [1.82, 2.24) is 14.8 Å². The minimum Gasteiger partial charge on any atom is -0.486 e. The van der Waals surface area contributed by atoms with E-state index in [2.05, 4.69) is 20.8 Å². The minimum atomic E-state index is 0.396. The van der Waals surface area contributed by atoms with Crippen LogP contribution in [0.2, 0.25) is 0 Å². The Morgan fingerprint density at radius 3 is 2.23 bits per heavy atom.